The number of benzene rings is 3. The summed E-state index contributed by atoms with van der Waals surface area (Å²) in [6.45, 7) is 5.36. The van der Waals surface area contributed by atoms with E-state index >= 15 is 4.79 Å². The molecule has 12 atom stereocenters. The molecule has 4 bridgehead atoms. The van der Waals surface area contributed by atoms with E-state index in [9.17, 15) is 35.4 Å². The van der Waals surface area contributed by atoms with Crippen molar-refractivity contribution in [2.75, 3.05) is 13.2 Å². The van der Waals surface area contributed by atoms with E-state index in [1.54, 1.807) is 12.1 Å². The second kappa shape index (κ2) is 19.2. The molecule has 78 heavy (non-hydrogen) atoms. The number of ether oxygens (including phenoxy) is 2. The Kier molecular flexibility index (Phi) is 12.6. The molecule has 1 aromatic heterocycles. The number of nitrogens with two attached hydrogens (primary N) is 1. The fourth-order valence-electron chi connectivity index (χ4n) is 16.5. The van der Waals surface area contributed by atoms with Gasteiger partial charge < -0.3 is 60.9 Å². The third-order valence-corrected chi connectivity index (χ3v) is 20.2. The monoisotopic (exact) mass is 1060 g/mol. The first kappa shape index (κ1) is 51.1. The summed E-state index contributed by atoms with van der Waals surface area (Å²) in [6.07, 6.45) is 10.4. The van der Waals surface area contributed by atoms with E-state index in [2.05, 4.69) is 35.2 Å². The van der Waals surface area contributed by atoms with Crippen LogP contribution >= 0.6 is 0 Å². The number of hydrogen-bond acceptors (Lipinski definition) is 15. The normalized spacial score (nSPS) is 32.9. The molecule has 15 nitrogen and oxygen atoms in total. The van der Waals surface area contributed by atoms with E-state index in [1.807, 2.05) is 44.2 Å². The zero-order valence-electron chi connectivity index (χ0n) is 44.7. The molecule has 12 unspecified atom stereocenters. The number of aromatic hydroxyl groups is 2. The van der Waals surface area contributed by atoms with Gasteiger partial charge in [-0.15, -0.1) is 0 Å². The van der Waals surface area contributed by atoms with Crippen LogP contribution < -0.4 is 31.8 Å². The number of carbonyl (C=O) groups excluding carboxylic acids is 1. The highest BCUT2D eigenvalue weighted by molar-refractivity contribution is 5.94. The van der Waals surface area contributed by atoms with Crippen LogP contribution in [0.3, 0.4) is 0 Å². The van der Waals surface area contributed by atoms with Crippen LogP contribution in [0, 0.1) is 23.7 Å². The average Bonchev–Trinajstić information content (AvgIpc) is 3.84. The number of piperidine rings is 1. The maximum absolute atomic E-state index is 15.8. The topological polar surface area (TPSA) is 249 Å². The van der Waals surface area contributed by atoms with Gasteiger partial charge >= 0.3 is 5.97 Å². The summed E-state index contributed by atoms with van der Waals surface area (Å²) in [7, 11) is 0. The van der Waals surface area contributed by atoms with Gasteiger partial charge in [0.2, 0.25) is 0 Å². The van der Waals surface area contributed by atoms with Crippen LogP contribution in [0.15, 0.2) is 115 Å². The minimum Gasteiger partial charge on any atom is -0.508 e. The Morgan fingerprint density at radius 3 is 2.63 bits per heavy atom. The average molecular weight is 1060 g/mol. The Morgan fingerprint density at radius 2 is 1.82 bits per heavy atom. The summed E-state index contributed by atoms with van der Waals surface area (Å²) >= 11 is 0. The number of esters is 1. The molecule has 6 heterocycles. The summed E-state index contributed by atoms with van der Waals surface area (Å²) in [4.78, 5) is 30.4. The van der Waals surface area contributed by atoms with Crippen molar-refractivity contribution in [3.8, 4) is 17.2 Å². The zero-order valence-corrected chi connectivity index (χ0v) is 44.7. The number of carbonyl (C=O) groups is 1. The third kappa shape index (κ3) is 7.91. The lowest BCUT2D eigenvalue weighted by atomic mass is 9.61. The van der Waals surface area contributed by atoms with Gasteiger partial charge in [-0.1, -0.05) is 42.0 Å². The highest BCUT2D eigenvalue weighted by Crippen LogP contribution is 2.62. The van der Waals surface area contributed by atoms with E-state index in [0.717, 1.165) is 64.7 Å². The molecule has 1 saturated heterocycles. The van der Waals surface area contributed by atoms with Crippen molar-refractivity contribution in [2.45, 2.75) is 158 Å². The van der Waals surface area contributed by atoms with Gasteiger partial charge in [-0.3, -0.25) is 10.1 Å². The van der Waals surface area contributed by atoms with Gasteiger partial charge in [-0.2, -0.15) is 0 Å². The first-order valence-corrected chi connectivity index (χ1v) is 28.4. The van der Waals surface area contributed by atoms with Crippen molar-refractivity contribution in [3.63, 3.8) is 0 Å². The summed E-state index contributed by atoms with van der Waals surface area (Å²) < 4.78 is 21.6. The molecular formula is C63H72N4O11. The first-order valence-electron chi connectivity index (χ1n) is 28.4. The smallest absolute Gasteiger partial charge is 0.337 e. The van der Waals surface area contributed by atoms with Gasteiger partial charge in [0, 0.05) is 60.2 Å². The number of allylic oxidation sites excluding steroid dienone is 5. The minimum atomic E-state index is -1.51. The third-order valence-electron chi connectivity index (χ3n) is 20.2. The Morgan fingerprint density at radius 1 is 0.974 bits per heavy atom. The molecule has 3 fully saturated rings. The number of hydrogen-bond donors (Lipinski definition) is 10. The summed E-state index contributed by atoms with van der Waals surface area (Å²) in [5, 5.41) is 80.8. The van der Waals surface area contributed by atoms with Gasteiger partial charge in [-0.05, 0) is 177 Å². The quantitative estimate of drug-likeness (QED) is 0.0854. The van der Waals surface area contributed by atoms with E-state index in [-0.39, 0.29) is 82.2 Å². The number of rotatable bonds is 6. The van der Waals surface area contributed by atoms with Crippen molar-refractivity contribution in [1.82, 2.24) is 16.0 Å². The van der Waals surface area contributed by atoms with Crippen molar-refractivity contribution in [3.05, 3.63) is 155 Å². The minimum absolute atomic E-state index is 0.00951. The number of phenolic OH excluding ortho intramolecular Hbond substituents is 2. The molecule has 5 aliphatic heterocycles. The Labute approximate surface area is 453 Å². The van der Waals surface area contributed by atoms with Crippen molar-refractivity contribution in [2.24, 2.45) is 29.4 Å². The van der Waals surface area contributed by atoms with E-state index in [0.29, 0.717) is 74.5 Å². The molecule has 9 aliphatic rings. The van der Waals surface area contributed by atoms with Gasteiger partial charge in [0.05, 0.1) is 25.0 Å². The summed E-state index contributed by atoms with van der Waals surface area (Å²) in [6, 6.07) is 14.6. The van der Waals surface area contributed by atoms with Crippen molar-refractivity contribution >= 4 is 16.9 Å². The lowest BCUT2D eigenvalue weighted by molar-refractivity contribution is -0.172. The van der Waals surface area contributed by atoms with Crippen LogP contribution in [0.1, 0.15) is 142 Å². The second-order valence-corrected chi connectivity index (χ2v) is 24.3. The van der Waals surface area contributed by atoms with Gasteiger partial charge in [0.25, 0.3) is 0 Å². The van der Waals surface area contributed by atoms with Crippen LogP contribution in [0.2, 0.25) is 0 Å². The molecule has 13 rings (SSSR count). The highest BCUT2D eigenvalue weighted by atomic mass is 16.6. The lowest BCUT2D eigenvalue weighted by Crippen LogP contribution is -2.59. The number of nitrogens with one attached hydrogen (secondary N) is 3. The Hall–Kier alpha value is -6.36. The molecule has 0 radical (unpaired) electrons. The number of aliphatic hydroxyl groups excluding tert-OH is 3. The zero-order chi connectivity index (χ0) is 54.1. The molecule has 0 spiro atoms. The predicted molar refractivity (Wildman–Crippen MR) is 292 cm³/mol. The Bertz CT molecular complexity index is 3410. The Balaban J connectivity index is 1.05. The van der Waals surface area contributed by atoms with E-state index in [4.69, 9.17) is 19.6 Å². The highest BCUT2D eigenvalue weighted by Gasteiger charge is 2.60. The summed E-state index contributed by atoms with van der Waals surface area (Å²) in [5.41, 5.74) is 14.4. The van der Waals surface area contributed by atoms with Crippen LogP contribution in [0.5, 0.6) is 17.2 Å². The largest absolute Gasteiger partial charge is 0.508 e. The predicted octanol–water partition coefficient (Wildman–Crippen LogP) is 7.26. The van der Waals surface area contributed by atoms with Gasteiger partial charge in [-0.25, -0.2) is 4.79 Å². The van der Waals surface area contributed by atoms with E-state index in [1.165, 1.54) is 17.2 Å². The lowest BCUT2D eigenvalue weighted by Gasteiger charge is -2.52. The maximum atomic E-state index is 15.8. The fraction of sp³-hybridized carbons (Fsp3) is 0.492. The second-order valence-electron chi connectivity index (χ2n) is 24.3. The molecule has 4 aromatic rings. The molecule has 15 heteroatoms. The standard InChI is InChI=1S/C63H72N4O11/c1-30-7-11-37-20-35(34-6-4-5-32(19-34)27-68)25-63(37,75)55(30)61(74)77-50-24-46-56(73)53-49(72)23-39(28-69)76-58(53)54-51-44-17-18-65-59(64)52(44)42(14-10-33-9-12-38(71)22-45(33)47(51)29-70)41-16-15-40-36(21-48(41)62(50,3)78-57(46)54)26-66-60-43(40)13-8-31(2)67-60/h4-6,9,12,17,19,22-23,26,31,35,37,41-42,47-48,50-51,60,65-71,73,75H,7-8,10-11,13-16,18,20-21,24-25,27-29,64H2,1-3H3. The molecule has 410 valence electrons. The molecule has 11 N–H and O–H groups in total. The van der Waals surface area contributed by atoms with Crippen LogP contribution in [0.4, 0.5) is 0 Å². The van der Waals surface area contributed by atoms with Gasteiger partial charge in [0.15, 0.2) is 5.43 Å². The van der Waals surface area contributed by atoms with Gasteiger partial charge in [0.1, 0.15) is 63.7 Å². The van der Waals surface area contributed by atoms with Crippen LogP contribution in [0.25, 0.3) is 11.0 Å². The molecule has 2 saturated carbocycles. The molecule has 0 amide bonds. The number of aliphatic hydroxyl groups is 4. The van der Waals surface area contributed by atoms with Crippen LogP contribution in [-0.4, -0.2) is 79.3 Å². The molecular weight excluding hydrogens is 989 g/mol. The molecule has 4 aliphatic carbocycles. The van der Waals surface area contributed by atoms with Crippen LogP contribution in [-0.2, 0) is 35.6 Å². The van der Waals surface area contributed by atoms with E-state index < -0.39 is 65.4 Å². The SMILES string of the molecule is CC1=C(C(=O)OC2Cc3c4c(c5oc(CO)cc(=O)c5c3O)C3C5=CCNC(N)=C5C(CCc5ccc(O)cc5C3CO)C3CCC5=C6CCC(C)NC6NC=C5CC3C2(C)O4)C2(O)CC(c3cccc(CO)c3)CC2CC1. The number of dihydropyridines is 2. The molecule has 3 aromatic carbocycles. The number of aryl methyl sites for hydroxylation is 1. The van der Waals surface area contributed by atoms with Crippen molar-refractivity contribution < 1.29 is 49.3 Å². The number of fused-ring (bicyclic) bond motifs is 11. The maximum Gasteiger partial charge on any atom is 0.337 e. The summed E-state index contributed by atoms with van der Waals surface area (Å²) in [5.74, 6) is -3.14. The first-order chi connectivity index (χ1) is 37.6. The van der Waals surface area contributed by atoms with Crippen molar-refractivity contribution in [1.29, 1.82) is 0 Å². The number of phenols is 2. The fourth-order valence-corrected chi connectivity index (χ4v) is 16.5.